The number of nitrogens with zero attached hydrogens (tertiary/aromatic N) is 3. The Morgan fingerprint density at radius 3 is 2.73 bits per heavy atom. The van der Waals surface area contributed by atoms with Crippen LogP contribution in [0, 0.1) is 11.3 Å². The molecule has 2 amide bonds. The fourth-order valence-corrected chi connectivity index (χ4v) is 3.64. The largest absolute Gasteiger partial charge is 0.496 e. The molecular formula is C23H28N4O6. The predicted octanol–water partition coefficient (Wildman–Crippen LogP) is 2.98. The van der Waals surface area contributed by atoms with Crippen LogP contribution in [0.5, 0.6) is 5.75 Å². The van der Waals surface area contributed by atoms with Crippen LogP contribution >= 0.6 is 0 Å². The van der Waals surface area contributed by atoms with Crippen molar-refractivity contribution in [2.24, 2.45) is 0 Å². The van der Waals surface area contributed by atoms with Gasteiger partial charge in [-0.3, -0.25) is 4.79 Å². The first-order valence-electron chi connectivity index (χ1n) is 10.5. The summed E-state index contributed by atoms with van der Waals surface area (Å²) in [4.78, 5) is 31.0. The maximum Gasteiger partial charge on any atom is 0.410 e. The Morgan fingerprint density at radius 1 is 1.33 bits per heavy atom. The van der Waals surface area contributed by atoms with E-state index in [0.717, 1.165) is 0 Å². The highest BCUT2D eigenvalue weighted by molar-refractivity contribution is 5.90. The van der Waals surface area contributed by atoms with Gasteiger partial charge in [-0.2, -0.15) is 5.26 Å². The summed E-state index contributed by atoms with van der Waals surface area (Å²) in [7, 11) is 3.06. The van der Waals surface area contributed by atoms with Crippen LogP contribution in [0.25, 0.3) is 11.3 Å². The highest BCUT2D eigenvalue weighted by Crippen LogP contribution is 2.31. The topological polar surface area (TPSA) is 127 Å². The predicted molar refractivity (Wildman–Crippen MR) is 118 cm³/mol. The number of carbonyl (C=O) groups is 2. The first kappa shape index (κ1) is 24.1. The van der Waals surface area contributed by atoms with E-state index in [0.29, 0.717) is 35.7 Å². The van der Waals surface area contributed by atoms with E-state index in [1.807, 2.05) is 0 Å². The molecule has 0 aliphatic carbocycles. The summed E-state index contributed by atoms with van der Waals surface area (Å²) in [6.45, 7) is 6.00. The zero-order valence-electron chi connectivity index (χ0n) is 19.4. The molecular weight excluding hydrogens is 428 g/mol. The Labute approximate surface area is 192 Å². The Kier molecular flexibility index (Phi) is 7.23. The number of aromatic nitrogens is 1. The van der Waals surface area contributed by atoms with Gasteiger partial charge in [-0.15, -0.1) is 0 Å². The van der Waals surface area contributed by atoms with Crippen LogP contribution < -0.4 is 10.1 Å². The Bertz CT molecular complexity index is 1050. The molecule has 2 aromatic rings. The number of benzene rings is 1. The van der Waals surface area contributed by atoms with Crippen molar-refractivity contribution in [3.63, 3.8) is 0 Å². The van der Waals surface area contributed by atoms with Crippen molar-refractivity contribution in [2.75, 3.05) is 27.4 Å². The number of amides is 2. The number of hydrogen-bond acceptors (Lipinski definition) is 8. The van der Waals surface area contributed by atoms with Crippen LogP contribution in [0.15, 0.2) is 28.8 Å². The monoisotopic (exact) mass is 456 g/mol. The third-order valence-electron chi connectivity index (χ3n) is 5.03. The number of oxazole rings is 1. The lowest BCUT2D eigenvalue weighted by atomic mass is 10.1. The molecule has 1 N–H and O–H groups in total. The maximum absolute atomic E-state index is 12.8. The zero-order chi connectivity index (χ0) is 24.2. The molecule has 2 heterocycles. The summed E-state index contributed by atoms with van der Waals surface area (Å²) >= 11 is 0. The van der Waals surface area contributed by atoms with E-state index in [1.165, 1.54) is 13.3 Å². The number of nitriles is 1. The van der Waals surface area contributed by atoms with E-state index in [-0.39, 0.29) is 24.5 Å². The molecule has 0 spiro atoms. The van der Waals surface area contributed by atoms with Crippen molar-refractivity contribution < 1.29 is 28.2 Å². The summed E-state index contributed by atoms with van der Waals surface area (Å²) in [5, 5.41) is 12.0. The second-order valence-corrected chi connectivity index (χ2v) is 8.70. The highest BCUT2D eigenvalue weighted by Gasteiger charge is 2.38. The van der Waals surface area contributed by atoms with Gasteiger partial charge >= 0.3 is 12.0 Å². The van der Waals surface area contributed by atoms with E-state index < -0.39 is 17.6 Å². The van der Waals surface area contributed by atoms with Gasteiger partial charge in [-0.1, -0.05) is 0 Å². The second kappa shape index (κ2) is 9.92. The normalized spacial score (nSPS) is 18.0. The maximum atomic E-state index is 12.8. The summed E-state index contributed by atoms with van der Waals surface area (Å²) < 4.78 is 21.7. The van der Waals surface area contributed by atoms with E-state index in [4.69, 9.17) is 23.9 Å². The van der Waals surface area contributed by atoms with Gasteiger partial charge in [0.05, 0.1) is 43.2 Å². The summed E-state index contributed by atoms with van der Waals surface area (Å²) in [6.07, 6.45) is 1.46. The van der Waals surface area contributed by atoms with E-state index >= 15 is 0 Å². The molecule has 3 rings (SSSR count). The van der Waals surface area contributed by atoms with Crippen molar-refractivity contribution in [1.29, 1.82) is 5.26 Å². The zero-order valence-corrected chi connectivity index (χ0v) is 19.4. The molecule has 1 aromatic heterocycles. The number of carbonyl (C=O) groups excluding carboxylic acids is 2. The van der Waals surface area contributed by atoms with Crippen LogP contribution in [-0.2, 0) is 9.47 Å². The van der Waals surface area contributed by atoms with Gasteiger partial charge in [0.2, 0.25) is 0 Å². The van der Waals surface area contributed by atoms with E-state index in [1.54, 1.807) is 51.0 Å². The van der Waals surface area contributed by atoms with Gasteiger partial charge in [-0.05, 0) is 45.4 Å². The Balaban J connectivity index is 1.72. The van der Waals surface area contributed by atoms with Crippen LogP contribution in [0.4, 0.5) is 4.79 Å². The molecule has 1 fully saturated rings. The van der Waals surface area contributed by atoms with Crippen LogP contribution in [0.3, 0.4) is 0 Å². The molecule has 2 atom stereocenters. The second-order valence-electron chi connectivity index (χ2n) is 8.70. The molecule has 176 valence electrons. The van der Waals surface area contributed by atoms with Crippen molar-refractivity contribution in [3.05, 3.63) is 35.9 Å². The summed E-state index contributed by atoms with van der Waals surface area (Å²) in [5.41, 5.74) is 0.305. The SMILES string of the molecule is COC[C@@H]1C[C@@H](NC(=O)c2ncc(-c3cc(C#N)ccc3OC)o2)CN1C(=O)OC(C)(C)C. The fraction of sp³-hybridized carbons (Fsp3) is 0.478. The molecule has 33 heavy (non-hydrogen) atoms. The lowest BCUT2D eigenvalue weighted by molar-refractivity contribution is 0.0146. The number of nitrogens with one attached hydrogen (secondary N) is 1. The standard InChI is InChI=1S/C23H28N4O6/c1-23(2,3)33-22(29)27-12-15(9-16(27)13-30-4)26-20(28)21-25-11-19(32-21)17-8-14(10-24)6-7-18(17)31-5/h6-8,11,15-16H,9,12-13H2,1-5H3,(H,26,28)/t15-,16+/m1/s1. The Morgan fingerprint density at radius 2 is 2.09 bits per heavy atom. The van der Waals surface area contributed by atoms with Crippen LogP contribution in [0.1, 0.15) is 43.4 Å². The summed E-state index contributed by atoms with van der Waals surface area (Å²) in [6, 6.07) is 6.38. The molecule has 0 saturated carbocycles. The molecule has 1 aliphatic rings. The van der Waals surface area contributed by atoms with Gasteiger partial charge in [0, 0.05) is 19.7 Å². The number of likely N-dealkylation sites (tertiary alicyclic amines) is 1. The fourth-order valence-electron chi connectivity index (χ4n) is 3.64. The summed E-state index contributed by atoms with van der Waals surface area (Å²) in [5.74, 6) is 0.147. The average molecular weight is 456 g/mol. The van der Waals surface area contributed by atoms with Gasteiger partial charge < -0.3 is 28.8 Å². The molecule has 0 radical (unpaired) electrons. The lowest BCUT2D eigenvalue weighted by Gasteiger charge is -2.28. The minimum Gasteiger partial charge on any atom is -0.496 e. The van der Waals surface area contributed by atoms with Crippen molar-refractivity contribution in [3.8, 4) is 23.1 Å². The van der Waals surface area contributed by atoms with E-state index in [9.17, 15) is 9.59 Å². The van der Waals surface area contributed by atoms with Gasteiger partial charge in [-0.25, -0.2) is 9.78 Å². The smallest absolute Gasteiger partial charge is 0.410 e. The first-order valence-corrected chi connectivity index (χ1v) is 10.5. The molecule has 1 saturated heterocycles. The number of hydrogen-bond donors (Lipinski definition) is 1. The van der Waals surface area contributed by atoms with Crippen molar-refractivity contribution in [1.82, 2.24) is 15.2 Å². The Hall–Kier alpha value is -3.58. The number of methoxy groups -OCH3 is 2. The van der Waals surface area contributed by atoms with Gasteiger partial charge in [0.1, 0.15) is 11.4 Å². The number of ether oxygens (including phenoxy) is 3. The molecule has 1 aliphatic heterocycles. The third-order valence-corrected chi connectivity index (χ3v) is 5.03. The van der Waals surface area contributed by atoms with Crippen molar-refractivity contribution >= 4 is 12.0 Å². The third kappa shape index (κ3) is 5.81. The minimum atomic E-state index is -0.631. The molecule has 0 bridgehead atoms. The minimum absolute atomic E-state index is 0.131. The van der Waals surface area contributed by atoms with E-state index in [2.05, 4.69) is 16.4 Å². The molecule has 1 aromatic carbocycles. The molecule has 0 unspecified atom stereocenters. The number of rotatable bonds is 6. The van der Waals surface area contributed by atoms with Crippen LogP contribution in [0.2, 0.25) is 0 Å². The lowest BCUT2D eigenvalue weighted by Crippen LogP contribution is -2.43. The quantitative estimate of drug-likeness (QED) is 0.703. The van der Waals surface area contributed by atoms with Gasteiger partial charge in [0.15, 0.2) is 5.76 Å². The molecule has 10 nitrogen and oxygen atoms in total. The average Bonchev–Trinajstić information content (AvgIpc) is 3.40. The highest BCUT2D eigenvalue weighted by atomic mass is 16.6. The first-order chi connectivity index (χ1) is 15.6. The van der Waals surface area contributed by atoms with Crippen LogP contribution in [-0.4, -0.2) is 66.9 Å². The molecule has 10 heteroatoms. The van der Waals surface area contributed by atoms with Crippen molar-refractivity contribution in [2.45, 2.75) is 44.9 Å². The van der Waals surface area contributed by atoms with Gasteiger partial charge in [0.25, 0.3) is 5.89 Å².